The van der Waals surface area contributed by atoms with Crippen molar-refractivity contribution in [2.45, 2.75) is 19.4 Å². The highest BCUT2D eigenvalue weighted by Gasteiger charge is 2.27. The number of halogens is 1. The number of Topliss-reactive ketones (excluding diaryl/α,β-unsaturated/α-hetero) is 1. The van der Waals surface area contributed by atoms with Gasteiger partial charge in [-0.2, -0.15) is 0 Å². The molecule has 1 saturated heterocycles. The molecule has 4 nitrogen and oxygen atoms in total. The predicted octanol–water partition coefficient (Wildman–Crippen LogP) is 4.15. The van der Waals surface area contributed by atoms with Crippen LogP contribution in [0.2, 0.25) is 5.02 Å². The van der Waals surface area contributed by atoms with Crippen molar-refractivity contribution in [1.82, 2.24) is 4.90 Å². The van der Waals surface area contributed by atoms with Crippen LogP contribution >= 0.6 is 11.6 Å². The van der Waals surface area contributed by atoms with Crippen LogP contribution in [-0.2, 0) is 6.54 Å². The van der Waals surface area contributed by atoms with Crippen LogP contribution in [0.25, 0.3) is 0 Å². The van der Waals surface area contributed by atoms with E-state index in [1.807, 2.05) is 18.2 Å². The number of ketones is 1. The van der Waals surface area contributed by atoms with E-state index in [1.54, 1.807) is 31.4 Å². The van der Waals surface area contributed by atoms with Crippen molar-refractivity contribution < 1.29 is 14.6 Å². The first-order valence-corrected chi connectivity index (χ1v) is 8.82. The summed E-state index contributed by atoms with van der Waals surface area (Å²) in [6.45, 7) is 2.19. The zero-order valence-electron chi connectivity index (χ0n) is 14.2. The number of phenols is 1. The van der Waals surface area contributed by atoms with Gasteiger partial charge in [-0.15, -0.1) is 0 Å². The quantitative estimate of drug-likeness (QED) is 0.815. The van der Waals surface area contributed by atoms with Gasteiger partial charge >= 0.3 is 0 Å². The van der Waals surface area contributed by atoms with Gasteiger partial charge in [-0.3, -0.25) is 9.69 Å². The van der Waals surface area contributed by atoms with Gasteiger partial charge < -0.3 is 9.84 Å². The Balaban J connectivity index is 1.70. The summed E-state index contributed by atoms with van der Waals surface area (Å²) in [6, 6.07) is 12.4. The summed E-state index contributed by atoms with van der Waals surface area (Å²) in [5, 5.41) is 10.7. The molecule has 2 aromatic rings. The minimum Gasteiger partial charge on any atom is -0.508 e. The lowest BCUT2D eigenvalue weighted by Gasteiger charge is -2.32. The normalized spacial score (nSPS) is 18.1. The molecule has 1 aliphatic rings. The molecule has 0 unspecified atom stereocenters. The molecule has 0 radical (unpaired) electrons. The van der Waals surface area contributed by atoms with Crippen molar-refractivity contribution in [3.05, 3.63) is 58.6 Å². The number of carbonyl (C=O) groups is 1. The summed E-state index contributed by atoms with van der Waals surface area (Å²) in [5.74, 6) is 1.07. The van der Waals surface area contributed by atoms with E-state index in [4.69, 9.17) is 16.3 Å². The minimum absolute atomic E-state index is 0.0417. The van der Waals surface area contributed by atoms with Crippen LogP contribution in [0.4, 0.5) is 0 Å². The molecule has 1 aliphatic heterocycles. The van der Waals surface area contributed by atoms with Gasteiger partial charge in [-0.25, -0.2) is 0 Å². The molecule has 0 bridgehead atoms. The second-order valence-electron chi connectivity index (χ2n) is 6.44. The fraction of sp³-hybridized carbons (Fsp3) is 0.350. The SMILES string of the molecule is COc1ccc(O)c(CN2CCC[C@H](C(=O)c3cccc(Cl)c3)C2)c1. The Morgan fingerprint density at radius 2 is 2.16 bits per heavy atom. The first kappa shape index (κ1) is 17.8. The Morgan fingerprint density at radius 3 is 2.92 bits per heavy atom. The zero-order valence-corrected chi connectivity index (χ0v) is 15.0. The number of hydrogen-bond donors (Lipinski definition) is 1. The average Bonchev–Trinajstić information content (AvgIpc) is 2.63. The number of likely N-dealkylation sites (tertiary alicyclic amines) is 1. The van der Waals surface area contributed by atoms with Crippen LogP contribution in [-0.4, -0.2) is 36.0 Å². The maximum atomic E-state index is 12.8. The summed E-state index contributed by atoms with van der Waals surface area (Å²) in [6.07, 6.45) is 1.84. The monoisotopic (exact) mass is 359 g/mol. The maximum Gasteiger partial charge on any atom is 0.167 e. The van der Waals surface area contributed by atoms with Crippen LogP contribution in [0, 0.1) is 5.92 Å². The molecule has 1 N–H and O–H groups in total. The van der Waals surface area contributed by atoms with Gasteiger partial charge in [-0.1, -0.05) is 23.7 Å². The Labute approximate surface area is 153 Å². The Morgan fingerprint density at radius 1 is 1.32 bits per heavy atom. The van der Waals surface area contributed by atoms with Crippen molar-refractivity contribution in [2.24, 2.45) is 5.92 Å². The van der Waals surface area contributed by atoms with Crippen molar-refractivity contribution in [3.63, 3.8) is 0 Å². The highest BCUT2D eigenvalue weighted by molar-refractivity contribution is 6.31. The summed E-state index contributed by atoms with van der Waals surface area (Å²) < 4.78 is 5.23. The van der Waals surface area contributed by atoms with E-state index in [0.29, 0.717) is 23.7 Å². The third-order valence-electron chi connectivity index (χ3n) is 4.67. The number of rotatable bonds is 5. The molecule has 3 rings (SSSR count). The molecule has 25 heavy (non-hydrogen) atoms. The minimum atomic E-state index is -0.0417. The van der Waals surface area contributed by atoms with Gasteiger partial charge in [0, 0.05) is 35.2 Å². The fourth-order valence-electron chi connectivity index (χ4n) is 3.35. The number of aromatic hydroxyl groups is 1. The molecule has 1 heterocycles. The second-order valence-corrected chi connectivity index (χ2v) is 6.88. The number of phenolic OH excluding ortho intramolecular Hbond substituents is 1. The lowest BCUT2D eigenvalue weighted by atomic mass is 9.90. The molecule has 1 fully saturated rings. The number of ether oxygens (including phenoxy) is 1. The second kappa shape index (κ2) is 7.89. The Bertz CT molecular complexity index is 762. The van der Waals surface area contributed by atoms with Crippen molar-refractivity contribution >= 4 is 17.4 Å². The molecule has 0 amide bonds. The number of piperidine rings is 1. The third-order valence-corrected chi connectivity index (χ3v) is 4.90. The van der Waals surface area contributed by atoms with E-state index in [1.165, 1.54) is 0 Å². The van der Waals surface area contributed by atoms with Gasteiger partial charge in [0.1, 0.15) is 11.5 Å². The lowest BCUT2D eigenvalue weighted by molar-refractivity contribution is 0.0811. The Hall–Kier alpha value is -2.04. The molecule has 0 aliphatic carbocycles. The lowest BCUT2D eigenvalue weighted by Crippen LogP contribution is -2.38. The average molecular weight is 360 g/mol. The Kier molecular flexibility index (Phi) is 5.61. The van der Waals surface area contributed by atoms with Crippen LogP contribution < -0.4 is 4.74 Å². The summed E-state index contributed by atoms with van der Waals surface area (Å²) in [7, 11) is 1.61. The maximum absolute atomic E-state index is 12.8. The number of benzene rings is 2. The first-order chi connectivity index (χ1) is 12.1. The van der Waals surface area contributed by atoms with Gasteiger partial charge in [0.2, 0.25) is 0 Å². The number of nitrogens with zero attached hydrogens (tertiary/aromatic N) is 1. The molecular formula is C20H22ClNO3. The van der Waals surface area contributed by atoms with Gasteiger partial charge in [-0.05, 0) is 49.7 Å². The molecule has 1 atom stereocenters. The molecule has 0 spiro atoms. The predicted molar refractivity (Wildman–Crippen MR) is 98.4 cm³/mol. The molecule has 5 heteroatoms. The van der Waals surface area contributed by atoms with E-state index < -0.39 is 0 Å². The molecular weight excluding hydrogens is 338 g/mol. The van der Waals surface area contributed by atoms with Crippen molar-refractivity contribution in [3.8, 4) is 11.5 Å². The van der Waals surface area contributed by atoms with E-state index in [0.717, 1.165) is 30.7 Å². The van der Waals surface area contributed by atoms with E-state index in [9.17, 15) is 9.90 Å². The summed E-state index contributed by atoms with van der Waals surface area (Å²) in [5.41, 5.74) is 1.48. The molecule has 2 aromatic carbocycles. The smallest absolute Gasteiger partial charge is 0.167 e. The van der Waals surface area contributed by atoms with Crippen molar-refractivity contribution in [2.75, 3.05) is 20.2 Å². The van der Waals surface area contributed by atoms with E-state index >= 15 is 0 Å². The third kappa shape index (κ3) is 4.33. The molecule has 132 valence electrons. The van der Waals surface area contributed by atoms with Crippen LogP contribution in [0.15, 0.2) is 42.5 Å². The molecule has 0 saturated carbocycles. The van der Waals surface area contributed by atoms with Gasteiger partial charge in [0.05, 0.1) is 7.11 Å². The van der Waals surface area contributed by atoms with Gasteiger partial charge in [0.15, 0.2) is 5.78 Å². The fourth-order valence-corrected chi connectivity index (χ4v) is 3.54. The molecule has 0 aromatic heterocycles. The van der Waals surface area contributed by atoms with Gasteiger partial charge in [0.25, 0.3) is 0 Å². The highest BCUT2D eigenvalue weighted by atomic mass is 35.5. The standard InChI is InChI=1S/C20H22ClNO3/c1-25-18-7-8-19(23)16(11-18)13-22-9-3-5-15(12-22)20(24)14-4-2-6-17(21)10-14/h2,4,6-8,10-11,15,23H,3,5,9,12-13H2,1H3/t15-/m0/s1. The van der Waals surface area contributed by atoms with Crippen LogP contribution in [0.5, 0.6) is 11.5 Å². The number of hydrogen-bond acceptors (Lipinski definition) is 4. The highest BCUT2D eigenvalue weighted by Crippen LogP contribution is 2.28. The van der Waals surface area contributed by atoms with E-state index in [-0.39, 0.29) is 17.5 Å². The number of methoxy groups -OCH3 is 1. The summed E-state index contributed by atoms with van der Waals surface area (Å²) in [4.78, 5) is 15.0. The van der Waals surface area contributed by atoms with E-state index in [2.05, 4.69) is 4.90 Å². The zero-order chi connectivity index (χ0) is 17.8. The van der Waals surface area contributed by atoms with Crippen LogP contribution in [0.1, 0.15) is 28.8 Å². The largest absolute Gasteiger partial charge is 0.508 e. The number of carbonyl (C=O) groups excluding carboxylic acids is 1. The topological polar surface area (TPSA) is 49.8 Å². The first-order valence-electron chi connectivity index (χ1n) is 8.45. The van der Waals surface area contributed by atoms with Crippen molar-refractivity contribution in [1.29, 1.82) is 0 Å². The summed E-state index contributed by atoms with van der Waals surface area (Å²) >= 11 is 6.01. The van der Waals surface area contributed by atoms with Crippen LogP contribution in [0.3, 0.4) is 0 Å².